The number of carboxylic acid groups (broad SMARTS) is 1. The van der Waals surface area contributed by atoms with Crippen molar-refractivity contribution in [3.8, 4) is 0 Å². The first-order chi connectivity index (χ1) is 8.08. The van der Waals surface area contributed by atoms with E-state index in [1.54, 1.807) is 6.07 Å². The van der Waals surface area contributed by atoms with Gasteiger partial charge >= 0.3 is 6.09 Å². The predicted molar refractivity (Wildman–Crippen MR) is 61.2 cm³/mol. The molecular formula is C11H11ClFNO3. The Morgan fingerprint density at radius 3 is 2.76 bits per heavy atom. The molecule has 0 spiro atoms. The Morgan fingerprint density at radius 1 is 1.53 bits per heavy atom. The second kappa shape index (κ2) is 6.20. The molecule has 1 aromatic rings. The average molecular weight is 260 g/mol. The summed E-state index contributed by atoms with van der Waals surface area (Å²) in [6.07, 6.45) is -0.614. The van der Waals surface area contributed by atoms with Crippen LogP contribution < -0.4 is 0 Å². The third-order valence-electron chi connectivity index (χ3n) is 2.19. The molecule has 0 saturated heterocycles. The number of rotatable bonds is 5. The molecule has 0 aliphatic heterocycles. The van der Waals surface area contributed by atoms with Crippen molar-refractivity contribution in [1.82, 2.24) is 4.90 Å². The number of alkyl halides is 1. The molecule has 0 atom stereocenters. The number of carbonyl (C=O) groups excluding carboxylic acids is 1. The van der Waals surface area contributed by atoms with E-state index >= 15 is 0 Å². The molecule has 1 aromatic carbocycles. The van der Waals surface area contributed by atoms with E-state index in [1.165, 1.54) is 12.1 Å². The van der Waals surface area contributed by atoms with Crippen molar-refractivity contribution in [2.45, 2.75) is 6.54 Å². The van der Waals surface area contributed by atoms with Gasteiger partial charge in [-0.05, 0) is 17.7 Å². The zero-order valence-electron chi connectivity index (χ0n) is 8.90. The van der Waals surface area contributed by atoms with Gasteiger partial charge in [0.05, 0.1) is 11.6 Å². The van der Waals surface area contributed by atoms with E-state index in [2.05, 4.69) is 0 Å². The highest BCUT2D eigenvalue weighted by Gasteiger charge is 2.12. The number of halogens is 2. The number of benzene rings is 1. The third-order valence-corrected chi connectivity index (χ3v) is 2.53. The van der Waals surface area contributed by atoms with Crippen LogP contribution >= 0.6 is 11.6 Å². The molecule has 0 radical (unpaired) electrons. The summed E-state index contributed by atoms with van der Waals surface area (Å²) in [5, 5.41) is 9.11. The Balaban J connectivity index is 2.85. The normalized spacial score (nSPS) is 10.0. The third kappa shape index (κ3) is 3.71. The topological polar surface area (TPSA) is 57.6 Å². The first-order valence-corrected chi connectivity index (χ1v) is 5.23. The SMILES string of the molecule is O=Cc1cc(CN(CCF)C(=O)O)ccc1Cl. The second-order valence-corrected chi connectivity index (χ2v) is 3.77. The van der Waals surface area contributed by atoms with Crippen molar-refractivity contribution in [2.24, 2.45) is 0 Å². The molecule has 0 heterocycles. The van der Waals surface area contributed by atoms with E-state index in [1.807, 2.05) is 0 Å². The summed E-state index contributed by atoms with van der Waals surface area (Å²) in [6, 6.07) is 4.60. The molecule has 0 unspecified atom stereocenters. The largest absolute Gasteiger partial charge is 0.465 e. The molecule has 1 amide bonds. The number of aldehydes is 1. The lowest BCUT2D eigenvalue weighted by Crippen LogP contribution is -2.30. The minimum Gasteiger partial charge on any atom is -0.465 e. The summed E-state index contributed by atoms with van der Waals surface area (Å²) >= 11 is 5.74. The number of nitrogens with zero attached hydrogens (tertiary/aromatic N) is 1. The summed E-state index contributed by atoms with van der Waals surface area (Å²) in [5.41, 5.74) is 0.877. The molecule has 1 N–H and O–H groups in total. The maximum absolute atomic E-state index is 12.1. The van der Waals surface area contributed by atoms with Gasteiger partial charge in [-0.1, -0.05) is 17.7 Å². The zero-order chi connectivity index (χ0) is 12.8. The van der Waals surface area contributed by atoms with Crippen molar-refractivity contribution in [3.05, 3.63) is 34.3 Å². The number of amides is 1. The molecule has 6 heteroatoms. The molecule has 0 saturated carbocycles. The Kier molecular flexibility index (Phi) is 4.90. The Morgan fingerprint density at radius 2 is 2.24 bits per heavy atom. The summed E-state index contributed by atoms with van der Waals surface area (Å²) in [5.74, 6) is 0. The van der Waals surface area contributed by atoms with E-state index in [0.717, 1.165) is 4.90 Å². The fourth-order valence-electron chi connectivity index (χ4n) is 1.35. The Labute approximate surface area is 103 Å². The molecule has 0 fully saturated rings. The van der Waals surface area contributed by atoms with Crippen LogP contribution in [0.2, 0.25) is 5.02 Å². The van der Waals surface area contributed by atoms with Crippen LogP contribution in [0.5, 0.6) is 0 Å². The van der Waals surface area contributed by atoms with Gasteiger partial charge in [-0.2, -0.15) is 0 Å². The molecule has 0 aliphatic carbocycles. The van der Waals surface area contributed by atoms with Gasteiger partial charge in [0.25, 0.3) is 0 Å². The van der Waals surface area contributed by atoms with Crippen LogP contribution in [-0.2, 0) is 6.54 Å². The Hall–Kier alpha value is -1.62. The van der Waals surface area contributed by atoms with Crippen LogP contribution in [0.15, 0.2) is 18.2 Å². The Bertz CT molecular complexity index is 425. The van der Waals surface area contributed by atoms with Crippen molar-refractivity contribution < 1.29 is 19.1 Å². The standard InChI is InChI=1S/C11H11ClFNO3/c12-10-2-1-8(5-9(10)7-15)6-14(4-3-13)11(16)17/h1-2,5,7H,3-4,6H2,(H,16,17). The maximum Gasteiger partial charge on any atom is 0.407 e. The van der Waals surface area contributed by atoms with Crippen LogP contribution in [0.3, 0.4) is 0 Å². The van der Waals surface area contributed by atoms with E-state index in [9.17, 15) is 14.0 Å². The molecule has 0 bridgehead atoms. The van der Waals surface area contributed by atoms with Crippen molar-refractivity contribution in [3.63, 3.8) is 0 Å². The van der Waals surface area contributed by atoms with Crippen LogP contribution in [-0.4, -0.2) is 35.6 Å². The maximum atomic E-state index is 12.1. The van der Waals surface area contributed by atoms with Crippen LogP contribution in [0.1, 0.15) is 15.9 Å². The summed E-state index contributed by atoms with van der Waals surface area (Å²) in [7, 11) is 0. The first-order valence-electron chi connectivity index (χ1n) is 4.86. The molecule has 4 nitrogen and oxygen atoms in total. The summed E-state index contributed by atoms with van der Waals surface area (Å²) in [6.45, 7) is -0.925. The van der Waals surface area contributed by atoms with Gasteiger partial charge in [-0.3, -0.25) is 4.79 Å². The van der Waals surface area contributed by atoms with Crippen LogP contribution in [0.25, 0.3) is 0 Å². The van der Waals surface area contributed by atoms with Gasteiger partial charge < -0.3 is 10.0 Å². The molecule has 1 rings (SSSR count). The van der Waals surface area contributed by atoms with Gasteiger partial charge in [0.2, 0.25) is 0 Å². The van der Waals surface area contributed by atoms with Crippen LogP contribution in [0.4, 0.5) is 9.18 Å². The first kappa shape index (κ1) is 13.4. The second-order valence-electron chi connectivity index (χ2n) is 3.37. The predicted octanol–water partition coefficient (Wildman–Crippen LogP) is 2.60. The molecule has 92 valence electrons. The minimum absolute atomic E-state index is 0.0251. The number of hydrogen-bond acceptors (Lipinski definition) is 2. The highest BCUT2D eigenvalue weighted by molar-refractivity contribution is 6.32. The summed E-state index contributed by atoms with van der Waals surface area (Å²) < 4.78 is 12.1. The van der Waals surface area contributed by atoms with Gasteiger partial charge in [0, 0.05) is 12.1 Å². The van der Waals surface area contributed by atoms with Crippen molar-refractivity contribution in [1.29, 1.82) is 0 Å². The van der Waals surface area contributed by atoms with Crippen molar-refractivity contribution in [2.75, 3.05) is 13.2 Å². The average Bonchev–Trinajstić information content (AvgIpc) is 2.30. The zero-order valence-corrected chi connectivity index (χ0v) is 9.65. The quantitative estimate of drug-likeness (QED) is 0.827. The van der Waals surface area contributed by atoms with E-state index < -0.39 is 12.8 Å². The fraction of sp³-hybridized carbons (Fsp3) is 0.273. The van der Waals surface area contributed by atoms with Crippen molar-refractivity contribution >= 4 is 24.0 Å². The van der Waals surface area contributed by atoms with Gasteiger partial charge in [0.15, 0.2) is 6.29 Å². The molecule has 0 aromatic heterocycles. The smallest absolute Gasteiger partial charge is 0.407 e. The molecule has 0 aliphatic rings. The summed E-state index contributed by atoms with van der Waals surface area (Å²) in [4.78, 5) is 22.4. The molecule has 17 heavy (non-hydrogen) atoms. The van der Waals surface area contributed by atoms with Gasteiger partial charge in [-0.15, -0.1) is 0 Å². The number of hydrogen-bond donors (Lipinski definition) is 1. The lowest BCUT2D eigenvalue weighted by molar-refractivity contribution is 0.112. The van der Waals surface area contributed by atoms with Gasteiger partial charge in [0.1, 0.15) is 6.67 Å². The highest BCUT2D eigenvalue weighted by atomic mass is 35.5. The highest BCUT2D eigenvalue weighted by Crippen LogP contribution is 2.17. The fourth-order valence-corrected chi connectivity index (χ4v) is 1.51. The van der Waals surface area contributed by atoms with Gasteiger partial charge in [-0.25, -0.2) is 9.18 Å². The monoisotopic (exact) mass is 259 g/mol. The minimum atomic E-state index is -1.20. The lowest BCUT2D eigenvalue weighted by Gasteiger charge is -2.17. The number of carbonyl (C=O) groups is 2. The van der Waals surface area contributed by atoms with E-state index in [-0.39, 0.29) is 18.7 Å². The van der Waals surface area contributed by atoms with E-state index in [4.69, 9.17) is 16.7 Å². The van der Waals surface area contributed by atoms with E-state index in [0.29, 0.717) is 16.9 Å². The molecular weight excluding hydrogens is 249 g/mol. The lowest BCUT2D eigenvalue weighted by atomic mass is 10.1. The van der Waals surface area contributed by atoms with Crippen LogP contribution in [0, 0.1) is 0 Å².